The predicted molar refractivity (Wildman–Crippen MR) is 117 cm³/mol. The lowest BCUT2D eigenvalue weighted by Crippen LogP contribution is -2.43. The highest BCUT2D eigenvalue weighted by Gasteiger charge is 2.26. The molecule has 0 spiro atoms. The summed E-state index contributed by atoms with van der Waals surface area (Å²) in [6.07, 6.45) is 3.46. The summed E-state index contributed by atoms with van der Waals surface area (Å²) in [5, 5.41) is 3.05. The summed E-state index contributed by atoms with van der Waals surface area (Å²) in [4.78, 5) is 23.9. The van der Waals surface area contributed by atoms with Crippen LogP contribution in [0.1, 0.15) is 18.4 Å². The zero-order chi connectivity index (χ0) is 21.6. The molecule has 160 valence electrons. The van der Waals surface area contributed by atoms with Crippen molar-refractivity contribution in [2.45, 2.75) is 19.4 Å². The minimum Gasteiger partial charge on any atom is -0.497 e. The fourth-order valence-corrected chi connectivity index (χ4v) is 3.78. The van der Waals surface area contributed by atoms with Gasteiger partial charge in [0.25, 0.3) is 0 Å². The van der Waals surface area contributed by atoms with E-state index in [1.54, 1.807) is 25.4 Å². The quantitative estimate of drug-likeness (QED) is 0.657. The fraction of sp³-hybridized carbons (Fsp3) is 0.292. The number of carbonyl (C=O) groups is 1. The van der Waals surface area contributed by atoms with Crippen LogP contribution in [0.25, 0.3) is 11.4 Å². The zero-order valence-electron chi connectivity index (χ0n) is 17.4. The van der Waals surface area contributed by atoms with Gasteiger partial charge in [0.1, 0.15) is 17.4 Å². The molecule has 0 bridgehead atoms. The van der Waals surface area contributed by atoms with Crippen LogP contribution in [-0.2, 0) is 11.3 Å². The highest BCUT2D eigenvalue weighted by molar-refractivity contribution is 5.79. The molecule has 7 heteroatoms. The van der Waals surface area contributed by atoms with Gasteiger partial charge in [0.2, 0.25) is 5.91 Å². The van der Waals surface area contributed by atoms with E-state index in [9.17, 15) is 9.18 Å². The number of halogens is 1. The van der Waals surface area contributed by atoms with Gasteiger partial charge in [-0.05, 0) is 60.9 Å². The van der Waals surface area contributed by atoms with Crippen LogP contribution in [0, 0.1) is 11.7 Å². The molecule has 1 fully saturated rings. The lowest BCUT2D eigenvalue weighted by Gasteiger charge is -2.33. The minimum absolute atomic E-state index is 0.0420. The van der Waals surface area contributed by atoms with Crippen LogP contribution in [-0.4, -0.2) is 36.1 Å². The number of ether oxygens (including phenoxy) is 1. The third-order valence-electron chi connectivity index (χ3n) is 5.46. The normalized spacial score (nSPS) is 16.1. The van der Waals surface area contributed by atoms with Crippen molar-refractivity contribution in [1.29, 1.82) is 0 Å². The first-order valence-corrected chi connectivity index (χ1v) is 10.4. The molecule has 1 aliphatic heterocycles. The highest BCUT2D eigenvalue weighted by atomic mass is 19.1. The second-order valence-electron chi connectivity index (χ2n) is 7.60. The standard InChI is InChI=1S/C24H25FN4O2/c1-31-21-6-2-4-17(14-21)15-27-24(30)19-5-3-13-29(16-19)22-11-12-26-23(28-22)18-7-9-20(25)10-8-18/h2,4,6-12,14,19H,3,5,13,15-16H2,1H3,(H,27,30). The van der Waals surface area contributed by atoms with Gasteiger partial charge in [-0.1, -0.05) is 12.1 Å². The van der Waals surface area contributed by atoms with E-state index in [4.69, 9.17) is 4.74 Å². The minimum atomic E-state index is -0.293. The maximum Gasteiger partial charge on any atom is 0.225 e. The maximum atomic E-state index is 13.2. The fourth-order valence-electron chi connectivity index (χ4n) is 3.78. The molecular formula is C24H25FN4O2. The largest absolute Gasteiger partial charge is 0.497 e. The Balaban J connectivity index is 1.40. The third-order valence-corrected chi connectivity index (χ3v) is 5.46. The van der Waals surface area contributed by atoms with Gasteiger partial charge in [0, 0.05) is 31.4 Å². The van der Waals surface area contributed by atoms with Crippen LogP contribution in [0.2, 0.25) is 0 Å². The van der Waals surface area contributed by atoms with Crippen LogP contribution < -0.4 is 15.0 Å². The van der Waals surface area contributed by atoms with Gasteiger partial charge < -0.3 is 15.0 Å². The van der Waals surface area contributed by atoms with Crippen molar-refractivity contribution in [3.8, 4) is 17.1 Å². The van der Waals surface area contributed by atoms with Crippen LogP contribution in [0.3, 0.4) is 0 Å². The average molecular weight is 420 g/mol. The topological polar surface area (TPSA) is 67.3 Å². The molecule has 2 aromatic carbocycles. The number of benzene rings is 2. The number of rotatable bonds is 6. The Morgan fingerprint density at radius 3 is 2.87 bits per heavy atom. The Labute approximate surface area is 181 Å². The number of methoxy groups -OCH3 is 1. The smallest absolute Gasteiger partial charge is 0.225 e. The molecule has 1 aromatic heterocycles. The molecule has 0 radical (unpaired) electrons. The van der Waals surface area contributed by atoms with E-state index in [2.05, 4.69) is 20.2 Å². The molecule has 1 atom stereocenters. The number of anilines is 1. The summed E-state index contributed by atoms with van der Waals surface area (Å²) in [5.41, 5.74) is 1.76. The predicted octanol–water partition coefficient (Wildman–Crippen LogP) is 3.82. The number of piperidine rings is 1. The number of nitrogens with one attached hydrogen (secondary N) is 1. The molecule has 4 rings (SSSR count). The first kappa shape index (κ1) is 20.8. The zero-order valence-corrected chi connectivity index (χ0v) is 17.4. The molecule has 0 saturated carbocycles. The summed E-state index contributed by atoms with van der Waals surface area (Å²) < 4.78 is 18.4. The van der Waals surface area contributed by atoms with Crippen molar-refractivity contribution in [2.24, 2.45) is 5.92 Å². The second kappa shape index (κ2) is 9.55. The molecular weight excluding hydrogens is 395 g/mol. The number of aromatic nitrogens is 2. The summed E-state index contributed by atoms with van der Waals surface area (Å²) >= 11 is 0. The molecule has 2 heterocycles. The third kappa shape index (κ3) is 5.17. The molecule has 6 nitrogen and oxygen atoms in total. The van der Waals surface area contributed by atoms with E-state index < -0.39 is 0 Å². The average Bonchev–Trinajstić information content (AvgIpc) is 2.83. The Bertz CT molecular complexity index is 1040. The molecule has 31 heavy (non-hydrogen) atoms. The molecule has 1 saturated heterocycles. The number of amides is 1. The summed E-state index contributed by atoms with van der Waals surface area (Å²) in [6, 6.07) is 15.7. The van der Waals surface area contributed by atoms with Crippen LogP contribution in [0.4, 0.5) is 10.2 Å². The molecule has 1 aliphatic rings. The highest BCUT2D eigenvalue weighted by Crippen LogP contribution is 2.24. The Kier molecular flexibility index (Phi) is 6.40. The van der Waals surface area contributed by atoms with Gasteiger partial charge in [-0.3, -0.25) is 4.79 Å². The van der Waals surface area contributed by atoms with E-state index in [0.29, 0.717) is 18.9 Å². The lowest BCUT2D eigenvalue weighted by atomic mass is 9.97. The molecule has 1 unspecified atom stereocenters. The van der Waals surface area contributed by atoms with E-state index >= 15 is 0 Å². The van der Waals surface area contributed by atoms with Crippen molar-refractivity contribution < 1.29 is 13.9 Å². The molecule has 0 aliphatic carbocycles. The van der Waals surface area contributed by atoms with Crippen molar-refractivity contribution in [3.63, 3.8) is 0 Å². The number of nitrogens with zero attached hydrogens (tertiary/aromatic N) is 3. The van der Waals surface area contributed by atoms with E-state index in [0.717, 1.165) is 42.1 Å². The van der Waals surface area contributed by atoms with Gasteiger partial charge in [-0.2, -0.15) is 0 Å². The molecule has 1 amide bonds. The monoisotopic (exact) mass is 420 g/mol. The van der Waals surface area contributed by atoms with Crippen molar-refractivity contribution in [3.05, 3.63) is 72.2 Å². The Morgan fingerprint density at radius 1 is 1.23 bits per heavy atom. The Morgan fingerprint density at radius 2 is 2.06 bits per heavy atom. The molecule has 1 N–H and O–H groups in total. The summed E-state index contributed by atoms with van der Waals surface area (Å²) in [7, 11) is 1.63. The first-order valence-electron chi connectivity index (χ1n) is 10.4. The van der Waals surface area contributed by atoms with Gasteiger partial charge >= 0.3 is 0 Å². The number of hydrogen-bond donors (Lipinski definition) is 1. The van der Waals surface area contributed by atoms with Gasteiger partial charge in [-0.25, -0.2) is 14.4 Å². The van der Waals surface area contributed by atoms with Gasteiger partial charge in [0.15, 0.2) is 5.82 Å². The second-order valence-corrected chi connectivity index (χ2v) is 7.60. The van der Waals surface area contributed by atoms with Crippen molar-refractivity contribution >= 4 is 11.7 Å². The van der Waals surface area contributed by atoms with Gasteiger partial charge in [0.05, 0.1) is 13.0 Å². The summed E-state index contributed by atoms with van der Waals surface area (Å²) in [6.45, 7) is 1.90. The SMILES string of the molecule is COc1cccc(CNC(=O)C2CCCN(c3ccnc(-c4ccc(F)cc4)n3)C2)c1. The first-order chi connectivity index (χ1) is 15.1. The molecule has 3 aromatic rings. The number of hydrogen-bond acceptors (Lipinski definition) is 5. The van der Waals surface area contributed by atoms with Crippen LogP contribution >= 0.6 is 0 Å². The van der Waals surface area contributed by atoms with Crippen LogP contribution in [0.15, 0.2) is 60.8 Å². The lowest BCUT2D eigenvalue weighted by molar-refractivity contribution is -0.125. The van der Waals surface area contributed by atoms with Crippen LogP contribution in [0.5, 0.6) is 5.75 Å². The maximum absolute atomic E-state index is 13.2. The number of carbonyl (C=O) groups excluding carboxylic acids is 1. The summed E-state index contributed by atoms with van der Waals surface area (Å²) in [5.74, 6) is 1.74. The van der Waals surface area contributed by atoms with Crippen molar-refractivity contribution in [1.82, 2.24) is 15.3 Å². The van der Waals surface area contributed by atoms with Gasteiger partial charge in [-0.15, -0.1) is 0 Å². The Hall–Kier alpha value is -3.48. The van der Waals surface area contributed by atoms with E-state index in [-0.39, 0.29) is 17.6 Å². The van der Waals surface area contributed by atoms with E-state index in [1.807, 2.05) is 30.3 Å². The van der Waals surface area contributed by atoms with E-state index in [1.165, 1.54) is 12.1 Å². The van der Waals surface area contributed by atoms with Crippen molar-refractivity contribution in [2.75, 3.05) is 25.1 Å².